The Morgan fingerprint density at radius 3 is 2.24 bits per heavy atom. The minimum absolute atomic E-state index is 0. The lowest BCUT2D eigenvalue weighted by molar-refractivity contribution is -0.146. The van der Waals surface area contributed by atoms with E-state index in [1.807, 2.05) is 6.20 Å². The number of carbonyl (C=O) groups excluding carboxylic acids is 1. The fourth-order valence-corrected chi connectivity index (χ4v) is 4.55. The maximum Gasteiger partial charge on any atom is 0.308 e. The van der Waals surface area contributed by atoms with Crippen molar-refractivity contribution in [2.24, 2.45) is 5.92 Å². The standard InChI is InChI=1S/C22H29N3O2.2ClH/c1-27-22(26)19-8-6-18(7-9-19)21-24-14-20(25-21)17-4-2-15(3-5-17)16-10-12-23-13-11-16;;/h2-5,14,16,18-19,23H,6-13H2,1H3,(H,24,25);2*1H. The van der Waals surface area contributed by atoms with Gasteiger partial charge < -0.3 is 15.0 Å². The van der Waals surface area contributed by atoms with Gasteiger partial charge in [0.2, 0.25) is 0 Å². The quantitative estimate of drug-likeness (QED) is 0.668. The van der Waals surface area contributed by atoms with Crippen LogP contribution in [-0.2, 0) is 9.53 Å². The largest absolute Gasteiger partial charge is 0.469 e. The zero-order valence-corrected chi connectivity index (χ0v) is 18.5. The number of halogens is 2. The highest BCUT2D eigenvalue weighted by Crippen LogP contribution is 2.36. The predicted molar refractivity (Wildman–Crippen MR) is 120 cm³/mol. The SMILES string of the molecule is COC(=O)C1CCC(c2ncc(-c3ccc(C4CCNCC4)cc3)[nH]2)CC1.Cl.Cl. The molecule has 1 saturated heterocycles. The molecule has 2 heterocycles. The van der Waals surface area contributed by atoms with Crippen LogP contribution >= 0.6 is 24.8 Å². The number of piperidine rings is 1. The molecule has 2 aliphatic rings. The molecule has 0 amide bonds. The first-order valence-corrected chi connectivity index (χ1v) is 10.2. The molecule has 0 atom stereocenters. The number of imidazole rings is 1. The number of esters is 1. The van der Waals surface area contributed by atoms with E-state index in [4.69, 9.17) is 4.74 Å². The number of aromatic amines is 1. The molecule has 0 spiro atoms. The number of ether oxygens (including phenoxy) is 1. The summed E-state index contributed by atoms with van der Waals surface area (Å²) < 4.78 is 4.88. The Morgan fingerprint density at radius 1 is 0.966 bits per heavy atom. The van der Waals surface area contributed by atoms with Gasteiger partial charge in [-0.1, -0.05) is 24.3 Å². The predicted octanol–water partition coefficient (Wildman–Crippen LogP) is 4.83. The van der Waals surface area contributed by atoms with E-state index in [0.717, 1.165) is 50.3 Å². The number of hydrogen-bond acceptors (Lipinski definition) is 4. The Kier molecular flexibility index (Phi) is 9.00. The number of hydrogen-bond donors (Lipinski definition) is 2. The number of rotatable bonds is 4. The molecule has 1 aliphatic heterocycles. The van der Waals surface area contributed by atoms with E-state index in [2.05, 4.69) is 39.6 Å². The summed E-state index contributed by atoms with van der Waals surface area (Å²) in [5.41, 5.74) is 3.72. The first-order chi connectivity index (χ1) is 13.2. The van der Waals surface area contributed by atoms with Gasteiger partial charge in [-0.2, -0.15) is 0 Å². The van der Waals surface area contributed by atoms with Crippen molar-refractivity contribution in [3.8, 4) is 11.3 Å². The molecule has 7 heteroatoms. The minimum Gasteiger partial charge on any atom is -0.469 e. The Labute approximate surface area is 185 Å². The Balaban J connectivity index is 0.00000150. The lowest BCUT2D eigenvalue weighted by Gasteiger charge is -2.25. The average Bonchev–Trinajstić information content (AvgIpc) is 3.24. The number of nitrogens with zero attached hydrogens (tertiary/aromatic N) is 1. The van der Waals surface area contributed by atoms with Crippen LogP contribution in [0.4, 0.5) is 0 Å². The normalized spacial score (nSPS) is 22.2. The second kappa shape index (κ2) is 11.0. The van der Waals surface area contributed by atoms with Gasteiger partial charge in [-0.15, -0.1) is 24.8 Å². The summed E-state index contributed by atoms with van der Waals surface area (Å²) in [6.45, 7) is 2.24. The van der Waals surface area contributed by atoms with Crippen LogP contribution < -0.4 is 5.32 Å². The van der Waals surface area contributed by atoms with E-state index >= 15 is 0 Å². The highest BCUT2D eigenvalue weighted by atomic mass is 35.5. The summed E-state index contributed by atoms with van der Waals surface area (Å²) in [4.78, 5) is 19.8. The van der Waals surface area contributed by atoms with Gasteiger partial charge in [0.05, 0.1) is 24.9 Å². The summed E-state index contributed by atoms with van der Waals surface area (Å²) >= 11 is 0. The van der Waals surface area contributed by atoms with Crippen molar-refractivity contribution in [2.75, 3.05) is 20.2 Å². The monoisotopic (exact) mass is 439 g/mol. The maximum absolute atomic E-state index is 11.7. The van der Waals surface area contributed by atoms with E-state index in [0.29, 0.717) is 11.8 Å². The molecule has 2 N–H and O–H groups in total. The van der Waals surface area contributed by atoms with Crippen molar-refractivity contribution >= 4 is 30.8 Å². The third-order valence-electron chi connectivity index (χ3n) is 6.28. The van der Waals surface area contributed by atoms with Crippen LogP contribution in [0.2, 0.25) is 0 Å². The zero-order chi connectivity index (χ0) is 18.6. The fraction of sp³-hybridized carbons (Fsp3) is 0.545. The number of aromatic nitrogens is 2. The number of nitrogens with one attached hydrogen (secondary N) is 2. The van der Waals surface area contributed by atoms with Crippen molar-refractivity contribution < 1.29 is 9.53 Å². The van der Waals surface area contributed by atoms with Gasteiger partial charge in [0.1, 0.15) is 5.82 Å². The van der Waals surface area contributed by atoms with Gasteiger partial charge in [0, 0.05) is 5.92 Å². The summed E-state index contributed by atoms with van der Waals surface area (Å²) in [7, 11) is 1.48. The van der Waals surface area contributed by atoms with Crippen LogP contribution in [0.5, 0.6) is 0 Å². The van der Waals surface area contributed by atoms with Gasteiger partial charge in [-0.05, 0) is 68.7 Å². The average molecular weight is 440 g/mol. The van der Waals surface area contributed by atoms with Crippen LogP contribution in [-0.4, -0.2) is 36.1 Å². The molecule has 1 aliphatic carbocycles. The van der Waals surface area contributed by atoms with Crippen LogP contribution in [0.25, 0.3) is 11.3 Å². The van der Waals surface area contributed by atoms with Gasteiger partial charge >= 0.3 is 5.97 Å². The molecular weight excluding hydrogens is 409 g/mol. The zero-order valence-electron chi connectivity index (χ0n) is 16.9. The summed E-state index contributed by atoms with van der Waals surface area (Å²) in [6, 6.07) is 8.96. The topological polar surface area (TPSA) is 67.0 Å². The molecule has 160 valence electrons. The van der Waals surface area contributed by atoms with E-state index in [1.54, 1.807) is 0 Å². The molecule has 2 aromatic rings. The molecular formula is C22H31Cl2N3O2. The van der Waals surface area contributed by atoms with Crippen LogP contribution in [0.1, 0.15) is 61.7 Å². The van der Waals surface area contributed by atoms with Crippen LogP contribution in [0.3, 0.4) is 0 Å². The smallest absolute Gasteiger partial charge is 0.308 e. The summed E-state index contributed by atoms with van der Waals surface area (Å²) in [6.07, 6.45) is 8.14. The molecule has 4 rings (SSSR count). The molecule has 29 heavy (non-hydrogen) atoms. The maximum atomic E-state index is 11.7. The fourth-order valence-electron chi connectivity index (χ4n) is 4.55. The third kappa shape index (κ3) is 5.53. The molecule has 1 aromatic heterocycles. The molecule has 1 aromatic carbocycles. The first-order valence-electron chi connectivity index (χ1n) is 10.2. The lowest BCUT2D eigenvalue weighted by Crippen LogP contribution is -2.26. The number of carbonyl (C=O) groups is 1. The number of benzene rings is 1. The Hall–Kier alpha value is -1.56. The number of methoxy groups -OCH3 is 1. The Morgan fingerprint density at radius 2 is 1.62 bits per heavy atom. The van der Waals surface area contributed by atoms with Gasteiger partial charge in [-0.25, -0.2) is 4.98 Å². The Bertz CT molecular complexity index is 765. The van der Waals surface area contributed by atoms with Crippen molar-refractivity contribution in [1.82, 2.24) is 15.3 Å². The third-order valence-corrected chi connectivity index (χ3v) is 6.28. The summed E-state index contributed by atoms with van der Waals surface area (Å²) in [5, 5.41) is 3.43. The van der Waals surface area contributed by atoms with E-state index in [1.165, 1.54) is 31.1 Å². The second-order valence-corrected chi connectivity index (χ2v) is 7.90. The molecule has 0 bridgehead atoms. The first kappa shape index (κ1) is 23.7. The van der Waals surface area contributed by atoms with Gasteiger partial charge in [-0.3, -0.25) is 4.79 Å². The second-order valence-electron chi connectivity index (χ2n) is 7.90. The van der Waals surface area contributed by atoms with E-state index in [-0.39, 0.29) is 36.7 Å². The molecule has 1 saturated carbocycles. The van der Waals surface area contributed by atoms with Crippen molar-refractivity contribution in [1.29, 1.82) is 0 Å². The molecule has 0 unspecified atom stereocenters. The highest BCUT2D eigenvalue weighted by Gasteiger charge is 2.29. The van der Waals surface area contributed by atoms with Gasteiger partial charge in [0.15, 0.2) is 0 Å². The summed E-state index contributed by atoms with van der Waals surface area (Å²) in [5.74, 6) is 2.14. The van der Waals surface area contributed by atoms with Crippen molar-refractivity contribution in [3.63, 3.8) is 0 Å². The molecule has 2 fully saturated rings. The lowest BCUT2D eigenvalue weighted by atomic mass is 9.81. The highest BCUT2D eigenvalue weighted by molar-refractivity contribution is 5.85. The van der Waals surface area contributed by atoms with E-state index in [9.17, 15) is 4.79 Å². The van der Waals surface area contributed by atoms with Crippen LogP contribution in [0.15, 0.2) is 30.5 Å². The van der Waals surface area contributed by atoms with Crippen LogP contribution in [0, 0.1) is 5.92 Å². The van der Waals surface area contributed by atoms with E-state index < -0.39 is 0 Å². The molecule has 0 radical (unpaired) electrons. The van der Waals surface area contributed by atoms with Gasteiger partial charge in [0.25, 0.3) is 0 Å². The van der Waals surface area contributed by atoms with Crippen molar-refractivity contribution in [2.45, 2.75) is 50.4 Å². The minimum atomic E-state index is -0.0672. The molecule has 5 nitrogen and oxygen atoms in total. The van der Waals surface area contributed by atoms with Crippen molar-refractivity contribution in [3.05, 3.63) is 41.9 Å². The number of H-pyrrole nitrogens is 1.